The molecule has 0 aromatic heterocycles. The largest absolute Gasteiger partial charge is 0.381 e. The summed E-state index contributed by atoms with van der Waals surface area (Å²) in [7, 11) is 0. The number of nitrogens with one attached hydrogen (secondary N) is 1. The smallest absolute Gasteiger partial charge is 0.322 e. The molecular formula is C24H30N2O2S. The molecule has 29 heavy (non-hydrogen) atoms. The van der Waals surface area contributed by atoms with E-state index in [4.69, 9.17) is 4.74 Å². The van der Waals surface area contributed by atoms with Crippen LogP contribution in [0.5, 0.6) is 0 Å². The fourth-order valence-electron chi connectivity index (χ4n) is 3.75. The van der Waals surface area contributed by atoms with Crippen molar-refractivity contribution in [1.82, 2.24) is 4.90 Å². The number of hydrogen-bond donors (Lipinski definition) is 1. The van der Waals surface area contributed by atoms with Crippen molar-refractivity contribution in [3.63, 3.8) is 0 Å². The minimum absolute atomic E-state index is 0.00300. The lowest BCUT2D eigenvalue weighted by molar-refractivity contribution is 0.1000. The molecule has 1 aliphatic heterocycles. The number of benzene rings is 2. The van der Waals surface area contributed by atoms with Crippen LogP contribution in [0.2, 0.25) is 0 Å². The summed E-state index contributed by atoms with van der Waals surface area (Å²) in [4.78, 5) is 15.0. The van der Waals surface area contributed by atoms with Crippen molar-refractivity contribution in [2.45, 2.75) is 56.2 Å². The Balaban J connectivity index is 1.36. The molecule has 1 saturated heterocycles. The van der Waals surface area contributed by atoms with Crippen LogP contribution < -0.4 is 5.32 Å². The number of nitrogens with zero attached hydrogens (tertiary/aromatic N) is 1. The van der Waals surface area contributed by atoms with Crippen LogP contribution in [-0.4, -0.2) is 35.4 Å². The number of thioether (sulfide) groups is 1. The first-order valence-electron chi connectivity index (χ1n) is 10.6. The highest BCUT2D eigenvalue weighted by atomic mass is 32.2. The van der Waals surface area contributed by atoms with E-state index in [0.29, 0.717) is 17.8 Å². The van der Waals surface area contributed by atoms with Gasteiger partial charge in [0.05, 0.1) is 0 Å². The molecule has 1 aliphatic carbocycles. The van der Waals surface area contributed by atoms with Crippen molar-refractivity contribution < 1.29 is 9.53 Å². The summed E-state index contributed by atoms with van der Waals surface area (Å²) < 4.78 is 5.44. The number of urea groups is 1. The minimum atomic E-state index is 0.00300. The Hall–Kier alpha value is -1.98. The number of carbonyl (C=O) groups is 1. The summed E-state index contributed by atoms with van der Waals surface area (Å²) in [5.74, 6) is 0.976. The Morgan fingerprint density at radius 1 is 1.07 bits per heavy atom. The van der Waals surface area contributed by atoms with Crippen LogP contribution >= 0.6 is 11.8 Å². The zero-order valence-corrected chi connectivity index (χ0v) is 17.9. The lowest BCUT2D eigenvalue weighted by Gasteiger charge is -2.23. The van der Waals surface area contributed by atoms with E-state index in [2.05, 4.69) is 48.6 Å². The Morgan fingerprint density at radius 2 is 1.83 bits per heavy atom. The minimum Gasteiger partial charge on any atom is -0.381 e. The second-order valence-electron chi connectivity index (χ2n) is 8.10. The Kier molecular flexibility index (Phi) is 6.78. The Morgan fingerprint density at radius 3 is 2.59 bits per heavy atom. The van der Waals surface area contributed by atoms with E-state index >= 15 is 0 Å². The normalized spacial score (nSPS) is 17.1. The van der Waals surface area contributed by atoms with Gasteiger partial charge in [-0.3, -0.25) is 0 Å². The average molecular weight is 411 g/mol. The number of rotatable bonds is 7. The molecular weight excluding hydrogens is 380 g/mol. The fraction of sp³-hybridized carbons (Fsp3) is 0.458. The van der Waals surface area contributed by atoms with Gasteiger partial charge >= 0.3 is 6.03 Å². The summed E-state index contributed by atoms with van der Waals surface area (Å²) in [5.41, 5.74) is 4.56. The van der Waals surface area contributed by atoms with Gasteiger partial charge < -0.3 is 15.0 Å². The SMILES string of the molecule is Cc1cccc(CN(C(=O)Nc2cccc(CSC3CCOCC3)c2)C2CC2)c1. The zero-order valence-electron chi connectivity index (χ0n) is 17.1. The summed E-state index contributed by atoms with van der Waals surface area (Å²) in [6.45, 7) is 4.52. The van der Waals surface area contributed by atoms with Crippen molar-refractivity contribution >= 4 is 23.5 Å². The predicted octanol–water partition coefficient (Wildman–Crippen LogP) is 5.60. The van der Waals surface area contributed by atoms with Gasteiger partial charge in [-0.25, -0.2) is 4.79 Å². The van der Waals surface area contributed by atoms with Crippen LogP contribution in [0.4, 0.5) is 10.5 Å². The van der Waals surface area contributed by atoms with Gasteiger partial charge in [0.15, 0.2) is 0 Å². The van der Waals surface area contributed by atoms with Gasteiger partial charge in [-0.15, -0.1) is 0 Å². The molecule has 4 nitrogen and oxygen atoms in total. The van der Waals surface area contributed by atoms with E-state index < -0.39 is 0 Å². The molecule has 2 amide bonds. The molecule has 2 aliphatic rings. The first-order chi connectivity index (χ1) is 14.2. The van der Waals surface area contributed by atoms with Crippen molar-refractivity contribution in [2.24, 2.45) is 0 Å². The number of carbonyl (C=O) groups excluding carboxylic acids is 1. The number of ether oxygens (including phenoxy) is 1. The quantitative estimate of drug-likeness (QED) is 0.646. The van der Waals surface area contributed by atoms with Crippen LogP contribution in [0.3, 0.4) is 0 Å². The molecule has 0 unspecified atom stereocenters. The summed E-state index contributed by atoms with van der Waals surface area (Å²) >= 11 is 2.00. The van der Waals surface area contributed by atoms with Crippen molar-refractivity contribution in [2.75, 3.05) is 18.5 Å². The molecule has 0 bridgehead atoms. The van der Waals surface area contributed by atoms with Gasteiger partial charge in [-0.05, 0) is 55.9 Å². The van der Waals surface area contributed by atoms with Crippen molar-refractivity contribution in [3.05, 3.63) is 65.2 Å². The molecule has 4 rings (SSSR count). The number of hydrogen-bond acceptors (Lipinski definition) is 3. The van der Waals surface area contributed by atoms with E-state index in [1.54, 1.807) is 0 Å². The third-order valence-electron chi connectivity index (χ3n) is 5.52. The molecule has 0 atom stereocenters. The standard InChI is InChI=1S/C24H30N2O2S/c1-18-4-2-5-19(14-18)16-26(22-8-9-22)24(27)25-21-7-3-6-20(15-21)17-29-23-10-12-28-13-11-23/h2-7,14-15,22-23H,8-13,16-17H2,1H3,(H,25,27). The molecule has 0 radical (unpaired) electrons. The maximum Gasteiger partial charge on any atom is 0.322 e. The second kappa shape index (κ2) is 9.68. The topological polar surface area (TPSA) is 41.6 Å². The second-order valence-corrected chi connectivity index (χ2v) is 9.39. The highest BCUT2D eigenvalue weighted by molar-refractivity contribution is 7.99. The highest BCUT2D eigenvalue weighted by Gasteiger charge is 2.32. The molecule has 1 heterocycles. The number of amides is 2. The number of anilines is 1. The van der Waals surface area contributed by atoms with Crippen LogP contribution in [-0.2, 0) is 17.0 Å². The average Bonchev–Trinajstić information content (AvgIpc) is 3.57. The summed E-state index contributed by atoms with van der Waals surface area (Å²) in [5, 5.41) is 3.82. The summed E-state index contributed by atoms with van der Waals surface area (Å²) in [6, 6.07) is 17.1. The van der Waals surface area contributed by atoms with E-state index in [9.17, 15) is 4.79 Å². The van der Waals surface area contributed by atoms with E-state index in [-0.39, 0.29) is 6.03 Å². The lowest BCUT2D eigenvalue weighted by Crippen LogP contribution is -2.36. The molecule has 2 aromatic rings. The van der Waals surface area contributed by atoms with Crippen LogP contribution in [0.15, 0.2) is 48.5 Å². The van der Waals surface area contributed by atoms with Gasteiger partial charge in [0.2, 0.25) is 0 Å². The lowest BCUT2D eigenvalue weighted by atomic mass is 10.1. The molecule has 1 saturated carbocycles. The van der Waals surface area contributed by atoms with Crippen LogP contribution in [0.25, 0.3) is 0 Å². The molecule has 1 N–H and O–H groups in total. The Bertz CT molecular complexity index is 831. The van der Waals surface area contributed by atoms with Crippen LogP contribution in [0, 0.1) is 6.92 Å². The molecule has 2 aromatic carbocycles. The summed E-state index contributed by atoms with van der Waals surface area (Å²) in [6.07, 6.45) is 4.47. The van der Waals surface area contributed by atoms with E-state index in [1.807, 2.05) is 28.8 Å². The maximum absolute atomic E-state index is 13.0. The van der Waals surface area contributed by atoms with Crippen LogP contribution in [0.1, 0.15) is 42.4 Å². The molecule has 0 spiro atoms. The predicted molar refractivity (Wildman–Crippen MR) is 120 cm³/mol. The van der Waals surface area contributed by atoms with Gasteiger partial charge in [-0.1, -0.05) is 42.0 Å². The molecule has 154 valence electrons. The maximum atomic E-state index is 13.0. The molecule has 2 fully saturated rings. The van der Waals surface area contributed by atoms with Gasteiger partial charge in [0.1, 0.15) is 0 Å². The Labute approximate surface area is 178 Å². The van der Waals surface area contributed by atoms with Crippen molar-refractivity contribution in [1.29, 1.82) is 0 Å². The first kappa shape index (κ1) is 20.3. The highest BCUT2D eigenvalue weighted by Crippen LogP contribution is 2.30. The fourth-order valence-corrected chi connectivity index (χ4v) is 4.88. The third kappa shape index (κ3) is 6.00. The third-order valence-corrected chi connectivity index (χ3v) is 6.96. The van der Waals surface area contributed by atoms with E-state index in [1.165, 1.54) is 16.7 Å². The van der Waals surface area contributed by atoms with Gasteiger partial charge in [-0.2, -0.15) is 11.8 Å². The van der Waals surface area contributed by atoms with E-state index in [0.717, 1.165) is 50.3 Å². The zero-order chi connectivity index (χ0) is 20.1. The van der Waals surface area contributed by atoms with Gasteiger partial charge in [0, 0.05) is 42.5 Å². The number of aryl methyl sites for hydroxylation is 1. The monoisotopic (exact) mass is 410 g/mol. The first-order valence-corrected chi connectivity index (χ1v) is 11.6. The molecule has 5 heteroatoms. The van der Waals surface area contributed by atoms with Gasteiger partial charge in [0.25, 0.3) is 0 Å². The van der Waals surface area contributed by atoms with Crippen molar-refractivity contribution in [3.8, 4) is 0 Å².